The Labute approximate surface area is 151 Å². The topological polar surface area (TPSA) is 80.7 Å². The van der Waals surface area contributed by atoms with Crippen molar-refractivity contribution in [2.75, 3.05) is 0 Å². The van der Waals surface area contributed by atoms with E-state index in [1.807, 2.05) is 25.3 Å². The van der Waals surface area contributed by atoms with Crippen molar-refractivity contribution in [1.29, 1.82) is 0 Å². The van der Waals surface area contributed by atoms with E-state index in [1.54, 1.807) is 30.7 Å². The molecular formula is C20H19N5O. The maximum absolute atomic E-state index is 12.6. The summed E-state index contributed by atoms with van der Waals surface area (Å²) in [5.41, 5.74) is 4.22. The molecule has 1 atom stereocenters. The Bertz CT molecular complexity index is 942. The summed E-state index contributed by atoms with van der Waals surface area (Å²) in [4.78, 5) is 30.2. The van der Waals surface area contributed by atoms with Crippen LogP contribution in [0.1, 0.15) is 46.2 Å². The third-order valence-electron chi connectivity index (χ3n) is 4.66. The van der Waals surface area contributed by atoms with Crippen molar-refractivity contribution in [3.05, 3.63) is 71.6 Å². The molecule has 1 amide bonds. The Kier molecular flexibility index (Phi) is 4.39. The number of carbonyl (C=O) groups excluding carboxylic acids is 1. The number of hydrogen-bond acceptors (Lipinski definition) is 5. The molecule has 6 nitrogen and oxygen atoms in total. The summed E-state index contributed by atoms with van der Waals surface area (Å²) in [6.45, 7) is 1.84. The summed E-state index contributed by atoms with van der Waals surface area (Å²) in [7, 11) is 0. The summed E-state index contributed by atoms with van der Waals surface area (Å²) in [6, 6.07) is 7.32. The van der Waals surface area contributed by atoms with Crippen molar-refractivity contribution < 1.29 is 4.79 Å². The van der Waals surface area contributed by atoms with E-state index in [1.165, 1.54) is 0 Å². The number of nitrogens with zero attached hydrogens (tertiary/aromatic N) is 4. The summed E-state index contributed by atoms with van der Waals surface area (Å²) in [5, 5.41) is 3.12. The second-order valence-corrected chi connectivity index (χ2v) is 6.39. The molecule has 0 radical (unpaired) electrons. The van der Waals surface area contributed by atoms with Crippen molar-refractivity contribution in [1.82, 2.24) is 25.3 Å². The molecule has 3 aromatic rings. The fraction of sp³-hybridized carbons (Fsp3) is 0.250. The van der Waals surface area contributed by atoms with Crippen LogP contribution in [0.5, 0.6) is 0 Å². The number of aryl methyl sites for hydroxylation is 2. The van der Waals surface area contributed by atoms with Gasteiger partial charge in [-0.05, 0) is 50.5 Å². The van der Waals surface area contributed by atoms with Gasteiger partial charge in [-0.15, -0.1) is 0 Å². The van der Waals surface area contributed by atoms with Crippen LogP contribution in [0.15, 0.2) is 49.1 Å². The molecule has 1 N–H and O–H groups in total. The van der Waals surface area contributed by atoms with E-state index in [9.17, 15) is 4.79 Å². The Morgan fingerprint density at radius 3 is 2.85 bits per heavy atom. The van der Waals surface area contributed by atoms with Gasteiger partial charge in [0.2, 0.25) is 0 Å². The number of aromatic nitrogens is 4. The van der Waals surface area contributed by atoms with Crippen LogP contribution < -0.4 is 5.32 Å². The zero-order chi connectivity index (χ0) is 17.9. The van der Waals surface area contributed by atoms with Crippen LogP contribution in [0.25, 0.3) is 11.4 Å². The van der Waals surface area contributed by atoms with E-state index in [2.05, 4.69) is 20.3 Å². The monoisotopic (exact) mass is 345 g/mol. The minimum atomic E-state index is -0.107. The Hall–Kier alpha value is -3.15. The number of fused-ring (bicyclic) bond motifs is 1. The van der Waals surface area contributed by atoms with E-state index in [-0.39, 0.29) is 11.9 Å². The van der Waals surface area contributed by atoms with Gasteiger partial charge in [0.1, 0.15) is 0 Å². The Balaban J connectivity index is 1.60. The van der Waals surface area contributed by atoms with Gasteiger partial charge in [0.05, 0.1) is 11.6 Å². The summed E-state index contributed by atoms with van der Waals surface area (Å²) in [6.07, 6.45) is 9.77. The Morgan fingerprint density at radius 1 is 1.15 bits per heavy atom. The molecule has 0 unspecified atom stereocenters. The number of carbonyl (C=O) groups is 1. The fourth-order valence-electron chi connectivity index (χ4n) is 3.29. The minimum absolute atomic E-state index is 0.0752. The van der Waals surface area contributed by atoms with Crippen LogP contribution in [0.2, 0.25) is 0 Å². The SMILES string of the molecule is Cc1ncccc1C(=O)N[C@H]1CCCc2nc(-c3cccnc3)ncc21. The lowest BCUT2D eigenvalue weighted by Gasteiger charge is -2.25. The first-order chi connectivity index (χ1) is 12.7. The van der Waals surface area contributed by atoms with Gasteiger partial charge in [-0.3, -0.25) is 14.8 Å². The molecule has 3 heterocycles. The lowest BCUT2D eigenvalue weighted by Crippen LogP contribution is -2.32. The maximum Gasteiger partial charge on any atom is 0.253 e. The average Bonchev–Trinajstić information content (AvgIpc) is 2.69. The lowest BCUT2D eigenvalue weighted by atomic mass is 9.92. The molecule has 0 spiro atoms. The molecular weight excluding hydrogens is 326 g/mol. The smallest absolute Gasteiger partial charge is 0.253 e. The third-order valence-corrected chi connectivity index (χ3v) is 4.66. The zero-order valence-electron chi connectivity index (χ0n) is 14.5. The molecule has 0 saturated carbocycles. The van der Waals surface area contributed by atoms with Crippen LogP contribution in [0, 0.1) is 6.92 Å². The molecule has 1 aliphatic carbocycles. The molecule has 26 heavy (non-hydrogen) atoms. The molecule has 3 aromatic heterocycles. The van der Waals surface area contributed by atoms with Crippen molar-refractivity contribution in [3.8, 4) is 11.4 Å². The first kappa shape index (κ1) is 16.3. The van der Waals surface area contributed by atoms with Crippen LogP contribution in [-0.2, 0) is 6.42 Å². The molecule has 0 saturated heterocycles. The summed E-state index contributed by atoms with van der Waals surface area (Å²) < 4.78 is 0. The number of pyridine rings is 2. The highest BCUT2D eigenvalue weighted by Crippen LogP contribution is 2.29. The predicted octanol–water partition coefficient (Wildman–Crippen LogP) is 3.05. The largest absolute Gasteiger partial charge is 0.345 e. The highest BCUT2D eigenvalue weighted by Gasteiger charge is 2.25. The molecule has 0 bridgehead atoms. The van der Waals surface area contributed by atoms with Crippen molar-refractivity contribution in [2.45, 2.75) is 32.2 Å². The van der Waals surface area contributed by atoms with E-state index >= 15 is 0 Å². The quantitative estimate of drug-likeness (QED) is 0.789. The van der Waals surface area contributed by atoms with Gasteiger partial charge >= 0.3 is 0 Å². The van der Waals surface area contributed by atoms with E-state index in [0.29, 0.717) is 11.4 Å². The standard InChI is InChI=1S/C20H19N5O/c1-13-15(6-4-10-22-13)20(26)25-18-8-2-7-17-16(18)12-23-19(24-17)14-5-3-9-21-11-14/h3-6,9-12,18H,2,7-8H2,1H3,(H,25,26)/t18-/m0/s1. The zero-order valence-corrected chi connectivity index (χ0v) is 14.5. The van der Waals surface area contributed by atoms with Gasteiger partial charge in [0, 0.05) is 47.3 Å². The van der Waals surface area contributed by atoms with Crippen LogP contribution >= 0.6 is 0 Å². The summed E-state index contributed by atoms with van der Waals surface area (Å²) >= 11 is 0. The van der Waals surface area contributed by atoms with Gasteiger partial charge in [-0.25, -0.2) is 9.97 Å². The van der Waals surface area contributed by atoms with Crippen molar-refractivity contribution >= 4 is 5.91 Å². The molecule has 4 rings (SSSR count). The predicted molar refractivity (Wildman–Crippen MR) is 97.4 cm³/mol. The molecule has 0 aliphatic heterocycles. The van der Waals surface area contributed by atoms with Crippen LogP contribution in [0.4, 0.5) is 0 Å². The van der Waals surface area contributed by atoms with E-state index < -0.39 is 0 Å². The van der Waals surface area contributed by atoms with Crippen molar-refractivity contribution in [2.24, 2.45) is 0 Å². The van der Waals surface area contributed by atoms with Gasteiger partial charge in [-0.2, -0.15) is 0 Å². The lowest BCUT2D eigenvalue weighted by molar-refractivity contribution is 0.0931. The second-order valence-electron chi connectivity index (χ2n) is 6.39. The number of amides is 1. The van der Waals surface area contributed by atoms with E-state index in [0.717, 1.165) is 41.8 Å². The fourth-order valence-corrected chi connectivity index (χ4v) is 3.29. The molecule has 0 fully saturated rings. The van der Waals surface area contributed by atoms with Crippen molar-refractivity contribution in [3.63, 3.8) is 0 Å². The molecule has 130 valence electrons. The first-order valence-corrected chi connectivity index (χ1v) is 8.71. The van der Waals surface area contributed by atoms with Gasteiger partial charge < -0.3 is 5.32 Å². The molecule has 1 aliphatic rings. The van der Waals surface area contributed by atoms with Crippen LogP contribution in [-0.4, -0.2) is 25.8 Å². The maximum atomic E-state index is 12.6. The minimum Gasteiger partial charge on any atom is -0.345 e. The van der Waals surface area contributed by atoms with Crippen LogP contribution in [0.3, 0.4) is 0 Å². The first-order valence-electron chi connectivity index (χ1n) is 8.71. The highest BCUT2D eigenvalue weighted by atomic mass is 16.1. The average molecular weight is 345 g/mol. The van der Waals surface area contributed by atoms with Gasteiger partial charge in [0.15, 0.2) is 5.82 Å². The van der Waals surface area contributed by atoms with Gasteiger partial charge in [0.25, 0.3) is 5.91 Å². The molecule has 0 aromatic carbocycles. The second kappa shape index (κ2) is 7.00. The number of rotatable bonds is 3. The van der Waals surface area contributed by atoms with E-state index in [4.69, 9.17) is 4.98 Å². The Morgan fingerprint density at radius 2 is 2.04 bits per heavy atom. The summed E-state index contributed by atoms with van der Waals surface area (Å²) in [5.74, 6) is 0.566. The molecule has 6 heteroatoms. The normalized spacial score (nSPS) is 16.0. The number of hydrogen-bond donors (Lipinski definition) is 1. The van der Waals surface area contributed by atoms with Gasteiger partial charge in [-0.1, -0.05) is 0 Å². The number of nitrogens with one attached hydrogen (secondary N) is 1. The third kappa shape index (κ3) is 3.18. The highest BCUT2D eigenvalue weighted by molar-refractivity contribution is 5.95.